The van der Waals surface area contributed by atoms with Gasteiger partial charge in [-0.25, -0.2) is 5.43 Å². The highest BCUT2D eigenvalue weighted by Gasteiger charge is 2.39. The van der Waals surface area contributed by atoms with Crippen molar-refractivity contribution in [2.24, 2.45) is 28.8 Å². The molecule has 5 nitrogen and oxygen atoms in total. The first-order valence-electron chi connectivity index (χ1n) is 8.86. The zero-order chi connectivity index (χ0) is 16.8. The van der Waals surface area contributed by atoms with E-state index in [9.17, 15) is 9.59 Å². The minimum Gasteiger partial charge on any atom is -0.326 e. The van der Waals surface area contributed by atoms with Gasteiger partial charge in [0, 0.05) is 23.4 Å². The molecule has 0 radical (unpaired) electrons. The molecule has 126 valence electrons. The molecule has 0 spiro atoms. The third kappa shape index (κ3) is 2.43. The standard InChI is InChI=1S/C19H23N3O2/c1-10-8-13-9-12(6-7-16(13)20-18(23)11(10)2)17-14-4-3-5-15(14)19(24)22-21-17/h6-7,9-11,14-15H,3-5,8H2,1-2H3,(H,20,23)(H,22,24). The summed E-state index contributed by atoms with van der Waals surface area (Å²) in [6.45, 7) is 4.11. The number of carbonyl (C=O) groups excluding carboxylic acids is 2. The smallest absolute Gasteiger partial charge is 0.243 e. The minimum atomic E-state index is 0.00590. The van der Waals surface area contributed by atoms with E-state index >= 15 is 0 Å². The molecule has 2 heterocycles. The number of carbonyl (C=O) groups is 2. The Morgan fingerprint density at radius 3 is 2.71 bits per heavy atom. The highest BCUT2D eigenvalue weighted by atomic mass is 16.2. The zero-order valence-corrected chi connectivity index (χ0v) is 14.1. The molecular weight excluding hydrogens is 302 g/mol. The molecule has 2 aliphatic heterocycles. The molecule has 2 amide bonds. The van der Waals surface area contributed by atoms with Crippen LogP contribution in [0.5, 0.6) is 0 Å². The second kappa shape index (κ2) is 5.72. The largest absolute Gasteiger partial charge is 0.326 e. The van der Waals surface area contributed by atoms with E-state index in [1.54, 1.807) is 0 Å². The fraction of sp³-hybridized carbons (Fsp3) is 0.526. The fourth-order valence-electron chi connectivity index (χ4n) is 4.23. The number of hydrogen-bond donors (Lipinski definition) is 2. The van der Waals surface area contributed by atoms with Gasteiger partial charge in [0.05, 0.1) is 5.71 Å². The number of hydrogen-bond acceptors (Lipinski definition) is 3. The van der Waals surface area contributed by atoms with Gasteiger partial charge in [0.25, 0.3) is 0 Å². The van der Waals surface area contributed by atoms with Crippen molar-refractivity contribution in [3.05, 3.63) is 29.3 Å². The van der Waals surface area contributed by atoms with E-state index in [2.05, 4.69) is 28.8 Å². The van der Waals surface area contributed by atoms with Crippen molar-refractivity contribution >= 4 is 23.2 Å². The Morgan fingerprint density at radius 1 is 1.08 bits per heavy atom. The van der Waals surface area contributed by atoms with Gasteiger partial charge in [0.2, 0.25) is 11.8 Å². The summed E-state index contributed by atoms with van der Waals surface area (Å²) in [5.74, 6) is 0.751. The highest BCUT2D eigenvalue weighted by Crippen LogP contribution is 2.37. The minimum absolute atomic E-state index is 0.00590. The number of anilines is 1. The number of benzene rings is 1. The lowest BCUT2D eigenvalue weighted by Crippen LogP contribution is -2.39. The maximum absolute atomic E-state index is 12.2. The average Bonchev–Trinajstić information content (AvgIpc) is 3.03. The summed E-state index contributed by atoms with van der Waals surface area (Å²) in [5, 5.41) is 7.41. The number of amides is 2. The molecule has 0 aromatic heterocycles. The molecule has 4 atom stereocenters. The summed E-state index contributed by atoms with van der Waals surface area (Å²) in [5.41, 5.74) is 6.83. The van der Waals surface area contributed by atoms with Crippen LogP contribution < -0.4 is 10.7 Å². The normalized spacial score (nSPS) is 32.2. The molecule has 3 aliphatic rings. The Bertz CT molecular complexity index is 740. The quantitative estimate of drug-likeness (QED) is 0.833. The lowest BCUT2D eigenvalue weighted by Gasteiger charge is -2.25. The topological polar surface area (TPSA) is 70.6 Å². The van der Waals surface area contributed by atoms with E-state index in [0.29, 0.717) is 5.92 Å². The van der Waals surface area contributed by atoms with Crippen molar-refractivity contribution in [2.75, 3.05) is 5.32 Å². The van der Waals surface area contributed by atoms with E-state index < -0.39 is 0 Å². The van der Waals surface area contributed by atoms with Gasteiger partial charge in [0.1, 0.15) is 0 Å². The Kier molecular flexibility index (Phi) is 3.66. The first-order valence-corrected chi connectivity index (χ1v) is 8.86. The molecule has 4 rings (SSSR count). The molecule has 0 bridgehead atoms. The van der Waals surface area contributed by atoms with E-state index in [1.807, 2.05) is 19.1 Å². The third-order valence-electron chi connectivity index (χ3n) is 5.96. The SMILES string of the molecule is CC1Cc2cc(C3=NNC(=O)C4CCCC34)ccc2NC(=O)C1C. The van der Waals surface area contributed by atoms with Crippen molar-refractivity contribution in [1.29, 1.82) is 0 Å². The molecule has 5 heteroatoms. The molecule has 1 aromatic rings. The first kappa shape index (κ1) is 15.4. The van der Waals surface area contributed by atoms with Gasteiger partial charge in [-0.05, 0) is 48.4 Å². The summed E-state index contributed by atoms with van der Waals surface area (Å²) >= 11 is 0. The van der Waals surface area contributed by atoms with Crippen molar-refractivity contribution < 1.29 is 9.59 Å². The van der Waals surface area contributed by atoms with Crippen LogP contribution in [0.25, 0.3) is 0 Å². The van der Waals surface area contributed by atoms with Gasteiger partial charge in [-0.3, -0.25) is 9.59 Å². The van der Waals surface area contributed by atoms with Gasteiger partial charge in [0.15, 0.2) is 0 Å². The average molecular weight is 325 g/mol. The molecule has 1 aromatic carbocycles. The van der Waals surface area contributed by atoms with E-state index in [-0.39, 0.29) is 29.6 Å². The van der Waals surface area contributed by atoms with E-state index in [4.69, 9.17) is 0 Å². The number of nitrogens with one attached hydrogen (secondary N) is 2. The van der Waals surface area contributed by atoms with Crippen LogP contribution in [0.2, 0.25) is 0 Å². The summed E-state index contributed by atoms with van der Waals surface area (Å²) in [6, 6.07) is 6.15. The van der Waals surface area contributed by atoms with Gasteiger partial charge < -0.3 is 5.32 Å². The summed E-state index contributed by atoms with van der Waals surface area (Å²) < 4.78 is 0. The molecule has 1 aliphatic carbocycles. The fourth-order valence-corrected chi connectivity index (χ4v) is 4.23. The second-order valence-electron chi connectivity index (χ2n) is 7.45. The number of nitrogens with zero attached hydrogens (tertiary/aromatic N) is 1. The van der Waals surface area contributed by atoms with E-state index in [1.165, 1.54) is 0 Å². The number of hydrazone groups is 1. The Balaban J connectivity index is 1.70. The lowest BCUT2D eigenvalue weighted by atomic mass is 9.84. The molecule has 2 N–H and O–H groups in total. The van der Waals surface area contributed by atoms with Gasteiger partial charge in [-0.1, -0.05) is 26.3 Å². The van der Waals surface area contributed by atoms with Crippen LogP contribution in [0.15, 0.2) is 23.3 Å². The summed E-state index contributed by atoms with van der Waals surface area (Å²) in [4.78, 5) is 24.2. The van der Waals surface area contributed by atoms with Crippen molar-refractivity contribution in [3.8, 4) is 0 Å². The monoisotopic (exact) mass is 325 g/mol. The van der Waals surface area contributed by atoms with Crippen LogP contribution in [0, 0.1) is 23.7 Å². The summed E-state index contributed by atoms with van der Waals surface area (Å²) in [7, 11) is 0. The second-order valence-corrected chi connectivity index (χ2v) is 7.45. The van der Waals surface area contributed by atoms with Crippen molar-refractivity contribution in [3.63, 3.8) is 0 Å². The molecular formula is C19H23N3O2. The highest BCUT2D eigenvalue weighted by molar-refractivity contribution is 6.07. The van der Waals surface area contributed by atoms with Crippen LogP contribution in [0.3, 0.4) is 0 Å². The molecule has 4 unspecified atom stereocenters. The van der Waals surface area contributed by atoms with Crippen LogP contribution in [-0.2, 0) is 16.0 Å². The maximum atomic E-state index is 12.2. The predicted molar refractivity (Wildman–Crippen MR) is 92.6 cm³/mol. The predicted octanol–water partition coefficient (Wildman–Crippen LogP) is 2.70. The van der Waals surface area contributed by atoms with Crippen LogP contribution in [-0.4, -0.2) is 17.5 Å². The molecule has 0 saturated heterocycles. The Morgan fingerprint density at radius 2 is 1.88 bits per heavy atom. The number of fused-ring (bicyclic) bond motifs is 2. The zero-order valence-electron chi connectivity index (χ0n) is 14.1. The van der Waals surface area contributed by atoms with Crippen LogP contribution in [0.4, 0.5) is 5.69 Å². The van der Waals surface area contributed by atoms with Crippen LogP contribution in [0.1, 0.15) is 44.2 Å². The van der Waals surface area contributed by atoms with Gasteiger partial charge >= 0.3 is 0 Å². The van der Waals surface area contributed by atoms with Crippen molar-refractivity contribution in [1.82, 2.24) is 5.43 Å². The third-order valence-corrected chi connectivity index (χ3v) is 5.96. The van der Waals surface area contributed by atoms with E-state index in [0.717, 1.165) is 48.2 Å². The molecule has 24 heavy (non-hydrogen) atoms. The van der Waals surface area contributed by atoms with Gasteiger partial charge in [-0.15, -0.1) is 0 Å². The molecule has 1 fully saturated rings. The maximum Gasteiger partial charge on any atom is 0.243 e. The first-order chi connectivity index (χ1) is 11.5. The molecule has 1 saturated carbocycles. The van der Waals surface area contributed by atoms with Crippen molar-refractivity contribution in [2.45, 2.75) is 39.5 Å². The Labute approximate surface area is 141 Å². The lowest BCUT2D eigenvalue weighted by molar-refractivity contribution is -0.126. The summed E-state index contributed by atoms with van der Waals surface area (Å²) in [6.07, 6.45) is 3.93. The Hall–Kier alpha value is -2.17. The van der Waals surface area contributed by atoms with Crippen LogP contribution >= 0.6 is 0 Å². The van der Waals surface area contributed by atoms with Gasteiger partial charge in [-0.2, -0.15) is 5.10 Å². The number of rotatable bonds is 1.